The van der Waals surface area contributed by atoms with Crippen molar-refractivity contribution in [2.24, 2.45) is 5.73 Å². The Morgan fingerprint density at radius 2 is 2.00 bits per heavy atom. The van der Waals surface area contributed by atoms with Crippen LogP contribution in [0.4, 0.5) is 0 Å². The van der Waals surface area contributed by atoms with Crippen molar-refractivity contribution in [3.63, 3.8) is 0 Å². The van der Waals surface area contributed by atoms with E-state index in [4.69, 9.17) is 5.73 Å². The van der Waals surface area contributed by atoms with Gasteiger partial charge in [0.2, 0.25) is 0 Å². The van der Waals surface area contributed by atoms with E-state index in [0.29, 0.717) is 0 Å². The number of unbranched alkanes of at least 4 members (excludes halogenated alkanes) is 1. The molecule has 1 aromatic rings. The third-order valence-corrected chi connectivity index (χ3v) is 1.61. The molecule has 0 amide bonds. The van der Waals surface area contributed by atoms with Gasteiger partial charge in [-0.1, -0.05) is 19.9 Å². The van der Waals surface area contributed by atoms with Crippen molar-refractivity contribution in [3.8, 4) is 0 Å². The number of hydrogen-bond donors (Lipinski definition) is 1. The molecule has 13 heavy (non-hydrogen) atoms. The monoisotopic (exact) mass is 180 g/mol. The van der Waals surface area contributed by atoms with Gasteiger partial charge in [-0.05, 0) is 37.9 Å². The highest BCUT2D eigenvalue weighted by molar-refractivity contribution is 5.03. The van der Waals surface area contributed by atoms with Crippen LogP contribution in [0.3, 0.4) is 0 Å². The summed E-state index contributed by atoms with van der Waals surface area (Å²) in [5.74, 6) is 0. The minimum absolute atomic E-state index is 0.785. The lowest BCUT2D eigenvalue weighted by Gasteiger charge is -1.97. The Bertz CT molecular complexity index is 185. The predicted octanol–water partition coefficient (Wildman–Crippen LogP) is 2.39. The van der Waals surface area contributed by atoms with Gasteiger partial charge in [0.05, 0.1) is 0 Å². The van der Waals surface area contributed by atoms with Crippen LogP contribution in [0.2, 0.25) is 0 Å². The smallest absolute Gasteiger partial charge is 0.0403 e. The standard InChI is InChI=1S/C9H14N2.C2H6/c10-7-3-1-5-9-6-2-4-8-11-9;1-2/h2,4,6,8H,1,3,5,7,10H2;1-2H3. The molecule has 0 bridgehead atoms. The maximum Gasteiger partial charge on any atom is 0.0403 e. The largest absolute Gasteiger partial charge is 0.330 e. The first kappa shape index (κ1) is 12.1. The maximum absolute atomic E-state index is 5.37. The van der Waals surface area contributed by atoms with Crippen LogP contribution in [0.15, 0.2) is 24.4 Å². The number of nitrogens with zero attached hydrogens (tertiary/aromatic N) is 1. The Balaban J connectivity index is 0.000000671. The second-order valence-corrected chi connectivity index (χ2v) is 2.57. The number of aromatic nitrogens is 1. The number of pyridine rings is 1. The van der Waals surface area contributed by atoms with Gasteiger partial charge in [0.1, 0.15) is 0 Å². The SMILES string of the molecule is CC.NCCCCc1ccccn1. The first-order valence-corrected chi connectivity index (χ1v) is 5.03. The maximum atomic E-state index is 5.37. The van der Waals surface area contributed by atoms with E-state index in [2.05, 4.69) is 11.1 Å². The second-order valence-electron chi connectivity index (χ2n) is 2.57. The second kappa shape index (κ2) is 9.20. The van der Waals surface area contributed by atoms with Crippen LogP contribution in [-0.2, 0) is 6.42 Å². The van der Waals surface area contributed by atoms with Gasteiger partial charge in [-0.3, -0.25) is 4.98 Å². The molecule has 0 fully saturated rings. The van der Waals surface area contributed by atoms with Crippen LogP contribution < -0.4 is 5.73 Å². The summed E-state index contributed by atoms with van der Waals surface area (Å²) in [5, 5.41) is 0. The number of nitrogens with two attached hydrogens (primary N) is 1. The van der Waals surface area contributed by atoms with Gasteiger partial charge in [-0.2, -0.15) is 0 Å². The summed E-state index contributed by atoms with van der Waals surface area (Å²) in [6.45, 7) is 4.78. The third-order valence-electron chi connectivity index (χ3n) is 1.61. The summed E-state index contributed by atoms with van der Waals surface area (Å²) in [7, 11) is 0. The topological polar surface area (TPSA) is 38.9 Å². The quantitative estimate of drug-likeness (QED) is 0.722. The van der Waals surface area contributed by atoms with Crippen molar-refractivity contribution in [1.82, 2.24) is 4.98 Å². The zero-order valence-corrected chi connectivity index (χ0v) is 8.66. The highest BCUT2D eigenvalue weighted by atomic mass is 14.7. The molecule has 0 spiro atoms. The van der Waals surface area contributed by atoms with Gasteiger partial charge < -0.3 is 5.73 Å². The minimum atomic E-state index is 0.785. The zero-order chi connectivity index (χ0) is 9.94. The van der Waals surface area contributed by atoms with E-state index in [9.17, 15) is 0 Å². The molecule has 2 N–H and O–H groups in total. The van der Waals surface area contributed by atoms with Crippen LogP contribution in [0, 0.1) is 0 Å². The van der Waals surface area contributed by atoms with Crippen LogP contribution in [0.5, 0.6) is 0 Å². The molecule has 2 nitrogen and oxygen atoms in total. The molecule has 2 heteroatoms. The Morgan fingerprint density at radius 1 is 1.23 bits per heavy atom. The van der Waals surface area contributed by atoms with E-state index in [1.807, 2.05) is 32.2 Å². The third kappa shape index (κ3) is 6.29. The fourth-order valence-corrected chi connectivity index (χ4v) is 0.996. The molecule has 0 atom stereocenters. The van der Waals surface area contributed by atoms with E-state index in [1.54, 1.807) is 0 Å². The summed E-state index contributed by atoms with van der Waals surface area (Å²) < 4.78 is 0. The van der Waals surface area contributed by atoms with Crippen molar-refractivity contribution in [3.05, 3.63) is 30.1 Å². The average Bonchev–Trinajstić information content (AvgIpc) is 2.23. The molecule has 0 saturated heterocycles. The van der Waals surface area contributed by atoms with Crippen LogP contribution in [-0.4, -0.2) is 11.5 Å². The summed E-state index contributed by atoms with van der Waals surface area (Å²) >= 11 is 0. The van der Waals surface area contributed by atoms with E-state index < -0.39 is 0 Å². The van der Waals surface area contributed by atoms with Gasteiger partial charge in [-0.15, -0.1) is 0 Å². The van der Waals surface area contributed by atoms with Gasteiger partial charge in [0.15, 0.2) is 0 Å². The molecule has 1 rings (SSSR count). The van der Waals surface area contributed by atoms with Crippen molar-refractivity contribution in [2.45, 2.75) is 33.1 Å². The van der Waals surface area contributed by atoms with Crippen LogP contribution in [0.1, 0.15) is 32.4 Å². The number of hydrogen-bond acceptors (Lipinski definition) is 2. The highest BCUT2D eigenvalue weighted by Gasteiger charge is 1.90. The molecule has 1 heterocycles. The fraction of sp³-hybridized carbons (Fsp3) is 0.545. The molecular formula is C11H20N2. The molecule has 0 aliphatic carbocycles. The van der Waals surface area contributed by atoms with E-state index in [1.165, 1.54) is 5.69 Å². The van der Waals surface area contributed by atoms with Crippen molar-refractivity contribution in [1.29, 1.82) is 0 Å². The Hall–Kier alpha value is -0.890. The minimum Gasteiger partial charge on any atom is -0.330 e. The van der Waals surface area contributed by atoms with Gasteiger partial charge >= 0.3 is 0 Å². The summed E-state index contributed by atoms with van der Waals surface area (Å²) in [4.78, 5) is 4.21. The highest BCUT2D eigenvalue weighted by Crippen LogP contribution is 1.99. The molecule has 0 radical (unpaired) electrons. The Labute approximate surface area is 81.2 Å². The summed E-state index contributed by atoms with van der Waals surface area (Å²) in [5.41, 5.74) is 6.54. The predicted molar refractivity (Wildman–Crippen MR) is 57.6 cm³/mol. The van der Waals surface area contributed by atoms with Gasteiger partial charge in [0.25, 0.3) is 0 Å². The molecule has 0 unspecified atom stereocenters. The molecular weight excluding hydrogens is 160 g/mol. The molecule has 0 saturated carbocycles. The van der Waals surface area contributed by atoms with Crippen molar-refractivity contribution < 1.29 is 0 Å². The molecule has 74 valence electrons. The summed E-state index contributed by atoms with van der Waals surface area (Å²) in [6.07, 6.45) is 5.12. The first-order chi connectivity index (χ1) is 6.43. The molecule has 0 aromatic carbocycles. The van der Waals surface area contributed by atoms with Crippen molar-refractivity contribution >= 4 is 0 Å². The van der Waals surface area contributed by atoms with E-state index >= 15 is 0 Å². The first-order valence-electron chi connectivity index (χ1n) is 5.03. The Kier molecular flexibility index (Phi) is 8.57. The molecule has 0 aliphatic rings. The lowest BCUT2D eigenvalue weighted by molar-refractivity contribution is 0.732. The van der Waals surface area contributed by atoms with E-state index in [0.717, 1.165) is 25.8 Å². The number of rotatable bonds is 4. The van der Waals surface area contributed by atoms with E-state index in [-0.39, 0.29) is 0 Å². The average molecular weight is 180 g/mol. The molecule has 0 aliphatic heterocycles. The lowest BCUT2D eigenvalue weighted by Crippen LogP contribution is -1.99. The number of aryl methyl sites for hydroxylation is 1. The normalized spacial score (nSPS) is 8.85. The van der Waals surface area contributed by atoms with Gasteiger partial charge in [0, 0.05) is 11.9 Å². The summed E-state index contributed by atoms with van der Waals surface area (Å²) in [6, 6.07) is 6.01. The van der Waals surface area contributed by atoms with Crippen LogP contribution in [0.25, 0.3) is 0 Å². The Morgan fingerprint density at radius 3 is 2.54 bits per heavy atom. The zero-order valence-electron chi connectivity index (χ0n) is 8.66. The fourth-order valence-electron chi connectivity index (χ4n) is 0.996. The van der Waals surface area contributed by atoms with Crippen molar-refractivity contribution in [2.75, 3.05) is 6.54 Å². The van der Waals surface area contributed by atoms with Gasteiger partial charge in [-0.25, -0.2) is 0 Å². The molecule has 1 aromatic heterocycles. The lowest BCUT2D eigenvalue weighted by atomic mass is 10.2. The van der Waals surface area contributed by atoms with Crippen LogP contribution >= 0.6 is 0 Å².